The number of aliphatic carboxylic acids is 1. The van der Waals surface area contributed by atoms with E-state index in [0.29, 0.717) is 0 Å². The molecule has 0 saturated heterocycles. The van der Waals surface area contributed by atoms with Gasteiger partial charge in [0.15, 0.2) is 0 Å². The van der Waals surface area contributed by atoms with Crippen LogP contribution >= 0.6 is 0 Å². The zero-order valence-electron chi connectivity index (χ0n) is 9.71. The van der Waals surface area contributed by atoms with Gasteiger partial charge in [-0.25, -0.2) is 9.59 Å². The minimum Gasteiger partial charge on any atom is -0.480 e. The number of halogens is 3. The third-order valence-electron chi connectivity index (χ3n) is 1.81. The van der Waals surface area contributed by atoms with Gasteiger partial charge in [-0.15, -0.1) is 0 Å². The lowest BCUT2D eigenvalue weighted by Gasteiger charge is -2.13. The molecule has 0 rings (SSSR count). The van der Waals surface area contributed by atoms with Gasteiger partial charge in [-0.2, -0.15) is 13.2 Å². The van der Waals surface area contributed by atoms with Crippen LogP contribution < -0.4 is 10.6 Å². The molecule has 0 radical (unpaired) electrons. The van der Waals surface area contributed by atoms with E-state index in [4.69, 9.17) is 5.11 Å². The van der Waals surface area contributed by atoms with Crippen molar-refractivity contribution >= 4 is 12.0 Å². The third-order valence-corrected chi connectivity index (χ3v) is 1.81. The van der Waals surface area contributed by atoms with E-state index in [-0.39, 0.29) is 19.6 Å². The summed E-state index contributed by atoms with van der Waals surface area (Å²) in [4.78, 5) is 21.7. The summed E-state index contributed by atoms with van der Waals surface area (Å²) in [5.41, 5.74) is 0. The minimum atomic E-state index is -4.40. The molecule has 2 amide bonds. The second-order valence-corrected chi connectivity index (χ2v) is 3.37. The monoisotopic (exact) mass is 272 g/mol. The van der Waals surface area contributed by atoms with Gasteiger partial charge in [0.05, 0.1) is 6.61 Å². The van der Waals surface area contributed by atoms with E-state index < -0.39 is 30.8 Å². The first-order valence-electron chi connectivity index (χ1n) is 5.18. The van der Waals surface area contributed by atoms with Crippen LogP contribution in [0.5, 0.6) is 0 Å². The summed E-state index contributed by atoms with van der Waals surface area (Å²) in [6.45, 7) is -0.261. The first-order chi connectivity index (χ1) is 8.26. The van der Waals surface area contributed by atoms with Crippen molar-refractivity contribution in [3.63, 3.8) is 0 Å². The van der Waals surface area contributed by atoms with E-state index in [1.54, 1.807) is 6.92 Å². The van der Waals surface area contributed by atoms with Gasteiger partial charge in [0.25, 0.3) is 0 Å². The number of hydrogen-bond acceptors (Lipinski definition) is 3. The summed E-state index contributed by atoms with van der Waals surface area (Å²) >= 11 is 0. The van der Waals surface area contributed by atoms with Crippen LogP contribution in [0.2, 0.25) is 0 Å². The molecule has 9 heteroatoms. The Morgan fingerprint density at radius 3 is 2.44 bits per heavy atom. The van der Waals surface area contributed by atoms with Crippen molar-refractivity contribution in [1.29, 1.82) is 0 Å². The van der Waals surface area contributed by atoms with Crippen LogP contribution in [-0.2, 0) is 9.53 Å². The molecule has 0 aromatic carbocycles. The molecule has 1 atom stereocenters. The van der Waals surface area contributed by atoms with Crippen molar-refractivity contribution in [3.05, 3.63) is 0 Å². The predicted octanol–water partition coefficient (Wildman–Crippen LogP) is 0.728. The number of carboxylic acid groups (broad SMARTS) is 1. The van der Waals surface area contributed by atoms with Gasteiger partial charge in [0.1, 0.15) is 12.6 Å². The first-order valence-corrected chi connectivity index (χ1v) is 5.18. The van der Waals surface area contributed by atoms with Crippen molar-refractivity contribution in [1.82, 2.24) is 10.6 Å². The summed E-state index contributed by atoms with van der Waals surface area (Å²) in [7, 11) is 0. The summed E-state index contributed by atoms with van der Waals surface area (Å²) < 4.78 is 39.2. The Hall–Kier alpha value is -1.51. The Labute approximate surface area is 101 Å². The van der Waals surface area contributed by atoms with Crippen molar-refractivity contribution < 1.29 is 32.6 Å². The molecule has 0 aromatic rings. The predicted molar refractivity (Wildman–Crippen MR) is 55.1 cm³/mol. The number of urea groups is 1. The molecule has 0 fully saturated rings. The molecule has 106 valence electrons. The largest absolute Gasteiger partial charge is 0.480 e. The summed E-state index contributed by atoms with van der Waals surface area (Å²) in [5.74, 6) is -1.18. The number of carbonyl (C=O) groups is 2. The fourth-order valence-electron chi connectivity index (χ4n) is 0.972. The summed E-state index contributed by atoms with van der Waals surface area (Å²) in [6.07, 6.45) is -4.20. The van der Waals surface area contributed by atoms with Crippen LogP contribution in [0.15, 0.2) is 0 Å². The van der Waals surface area contributed by atoms with Crippen molar-refractivity contribution in [3.8, 4) is 0 Å². The maximum Gasteiger partial charge on any atom is 0.411 e. The Kier molecular flexibility index (Phi) is 7.10. The normalized spacial score (nSPS) is 12.9. The van der Waals surface area contributed by atoms with Gasteiger partial charge in [-0.05, 0) is 6.42 Å². The highest BCUT2D eigenvalue weighted by atomic mass is 19.4. The van der Waals surface area contributed by atoms with Crippen molar-refractivity contribution in [2.45, 2.75) is 25.6 Å². The first kappa shape index (κ1) is 16.5. The number of nitrogens with one attached hydrogen (secondary N) is 2. The highest BCUT2D eigenvalue weighted by molar-refractivity contribution is 5.82. The number of hydrogen-bond donors (Lipinski definition) is 3. The van der Waals surface area contributed by atoms with Crippen LogP contribution in [0.25, 0.3) is 0 Å². The molecule has 0 aliphatic carbocycles. The second kappa shape index (κ2) is 7.75. The lowest BCUT2D eigenvalue weighted by atomic mass is 10.2. The van der Waals surface area contributed by atoms with Gasteiger partial charge < -0.3 is 20.5 Å². The lowest BCUT2D eigenvalue weighted by Crippen LogP contribution is -2.46. The molecule has 0 bridgehead atoms. The molecule has 0 saturated carbocycles. The number of carboxylic acids is 1. The van der Waals surface area contributed by atoms with Crippen LogP contribution in [-0.4, -0.2) is 49.1 Å². The number of amides is 2. The number of alkyl halides is 3. The molecule has 3 N–H and O–H groups in total. The molecular weight excluding hydrogens is 257 g/mol. The van der Waals surface area contributed by atoms with Gasteiger partial charge in [0.2, 0.25) is 0 Å². The van der Waals surface area contributed by atoms with Crippen LogP contribution in [0.4, 0.5) is 18.0 Å². The molecule has 0 spiro atoms. The van der Waals surface area contributed by atoms with Gasteiger partial charge >= 0.3 is 18.2 Å². The summed E-state index contributed by atoms with van der Waals surface area (Å²) in [6, 6.07) is -1.79. The average molecular weight is 272 g/mol. The second-order valence-electron chi connectivity index (χ2n) is 3.37. The molecule has 0 aliphatic rings. The quantitative estimate of drug-likeness (QED) is 0.596. The Balaban J connectivity index is 3.68. The fourth-order valence-corrected chi connectivity index (χ4v) is 0.972. The fraction of sp³-hybridized carbons (Fsp3) is 0.778. The Bertz CT molecular complexity index is 283. The van der Waals surface area contributed by atoms with Crippen LogP contribution in [0.1, 0.15) is 13.3 Å². The lowest BCUT2D eigenvalue weighted by molar-refractivity contribution is -0.173. The van der Waals surface area contributed by atoms with E-state index in [2.05, 4.69) is 15.4 Å². The van der Waals surface area contributed by atoms with E-state index in [9.17, 15) is 22.8 Å². The van der Waals surface area contributed by atoms with E-state index in [1.165, 1.54) is 0 Å². The number of ether oxygens (including phenoxy) is 1. The highest BCUT2D eigenvalue weighted by Gasteiger charge is 2.27. The number of carbonyl (C=O) groups excluding carboxylic acids is 1. The zero-order chi connectivity index (χ0) is 14.2. The maximum absolute atomic E-state index is 11.7. The smallest absolute Gasteiger partial charge is 0.411 e. The van der Waals surface area contributed by atoms with Crippen LogP contribution in [0, 0.1) is 0 Å². The molecule has 18 heavy (non-hydrogen) atoms. The zero-order valence-corrected chi connectivity index (χ0v) is 9.71. The Morgan fingerprint density at radius 2 is 2.00 bits per heavy atom. The molecular formula is C9H15F3N2O4. The maximum atomic E-state index is 11.7. The van der Waals surface area contributed by atoms with E-state index >= 15 is 0 Å². The SMILES string of the molecule is CCC(NC(=O)NCCOCC(F)(F)F)C(=O)O. The standard InChI is InChI=1S/C9H15F3N2O4/c1-2-6(7(15)16)14-8(17)13-3-4-18-5-9(10,11)12/h6H,2-5H2,1H3,(H,15,16)(H2,13,14,17). The van der Waals surface area contributed by atoms with Gasteiger partial charge in [-0.3, -0.25) is 0 Å². The molecule has 0 aliphatic heterocycles. The topological polar surface area (TPSA) is 87.7 Å². The van der Waals surface area contributed by atoms with Crippen molar-refractivity contribution in [2.24, 2.45) is 0 Å². The molecule has 6 nitrogen and oxygen atoms in total. The third kappa shape index (κ3) is 8.62. The highest BCUT2D eigenvalue weighted by Crippen LogP contribution is 2.13. The van der Waals surface area contributed by atoms with Crippen LogP contribution in [0.3, 0.4) is 0 Å². The minimum absolute atomic E-state index is 0.141. The van der Waals surface area contributed by atoms with E-state index in [0.717, 1.165) is 0 Å². The molecule has 0 aromatic heterocycles. The van der Waals surface area contributed by atoms with Gasteiger partial charge in [-0.1, -0.05) is 6.92 Å². The van der Waals surface area contributed by atoms with E-state index in [1.807, 2.05) is 0 Å². The number of rotatable bonds is 7. The van der Waals surface area contributed by atoms with Gasteiger partial charge in [0, 0.05) is 6.54 Å². The van der Waals surface area contributed by atoms with Crippen molar-refractivity contribution in [2.75, 3.05) is 19.8 Å². The Morgan fingerprint density at radius 1 is 1.39 bits per heavy atom. The molecule has 1 unspecified atom stereocenters. The molecule has 0 heterocycles. The average Bonchev–Trinajstić information content (AvgIpc) is 2.23. The summed E-state index contributed by atoms with van der Waals surface area (Å²) in [5, 5.41) is 13.0.